The van der Waals surface area contributed by atoms with Gasteiger partial charge in [0.25, 0.3) is 0 Å². The highest BCUT2D eigenvalue weighted by molar-refractivity contribution is 5.97. The van der Waals surface area contributed by atoms with Crippen LogP contribution in [0.2, 0.25) is 0 Å². The first-order chi connectivity index (χ1) is 27.2. The number of nitrogens with two attached hydrogens (primary N) is 2. The van der Waals surface area contributed by atoms with Gasteiger partial charge in [-0.2, -0.15) is 0 Å². The van der Waals surface area contributed by atoms with Crippen molar-refractivity contribution in [2.24, 2.45) is 22.4 Å². The summed E-state index contributed by atoms with van der Waals surface area (Å²) in [5.74, 6) is -10.5. The van der Waals surface area contributed by atoms with Crippen LogP contribution in [-0.2, 0) is 47.9 Å². The summed E-state index contributed by atoms with van der Waals surface area (Å²) in [6.45, 7) is 4.06. The number of aliphatic carboxylic acids is 2. The Kier molecular flexibility index (Phi) is 21.7. The van der Waals surface area contributed by atoms with Crippen molar-refractivity contribution in [2.75, 3.05) is 32.8 Å². The molecule has 0 unspecified atom stereocenters. The Morgan fingerprint density at radius 2 is 1.29 bits per heavy atom. The number of carbonyl (C=O) groups is 10. The third-order valence-corrected chi connectivity index (χ3v) is 8.39. The second-order valence-corrected chi connectivity index (χ2v) is 13.6. The van der Waals surface area contributed by atoms with Crippen LogP contribution in [0.4, 0.5) is 0 Å². The van der Waals surface area contributed by atoms with E-state index in [1.54, 1.807) is 13.8 Å². The molecule has 7 atom stereocenters. The van der Waals surface area contributed by atoms with Crippen molar-refractivity contribution in [3.63, 3.8) is 0 Å². The first kappa shape index (κ1) is 49.9. The van der Waals surface area contributed by atoms with Gasteiger partial charge in [-0.15, -0.1) is 0 Å². The van der Waals surface area contributed by atoms with Crippen LogP contribution in [0.5, 0.6) is 0 Å². The molecule has 58 heavy (non-hydrogen) atoms. The van der Waals surface area contributed by atoms with E-state index in [1.807, 2.05) is 5.32 Å². The number of hydrogen-bond donors (Lipinski definition) is 14. The Morgan fingerprint density at radius 1 is 0.707 bits per heavy atom. The quantitative estimate of drug-likeness (QED) is 0.0231. The van der Waals surface area contributed by atoms with Crippen LogP contribution in [0, 0.1) is 5.92 Å². The van der Waals surface area contributed by atoms with Gasteiger partial charge in [0.05, 0.1) is 32.2 Å². The lowest BCUT2D eigenvalue weighted by atomic mass is 10.0. The molecule has 1 aliphatic heterocycles. The van der Waals surface area contributed by atoms with Gasteiger partial charge < -0.3 is 74.6 Å². The zero-order valence-corrected chi connectivity index (χ0v) is 32.7. The number of hydrogen-bond acceptors (Lipinski definition) is 13. The van der Waals surface area contributed by atoms with Crippen LogP contribution in [0.15, 0.2) is 4.99 Å². The summed E-state index contributed by atoms with van der Waals surface area (Å²) in [6.07, 6.45) is 0.502. The van der Waals surface area contributed by atoms with E-state index in [0.717, 1.165) is 6.42 Å². The van der Waals surface area contributed by atoms with E-state index < -0.39 is 122 Å². The molecule has 0 spiro atoms. The third kappa shape index (κ3) is 18.7. The number of guanidine groups is 1. The van der Waals surface area contributed by atoms with Crippen molar-refractivity contribution in [3.8, 4) is 0 Å². The van der Waals surface area contributed by atoms with Gasteiger partial charge in [-0.1, -0.05) is 13.8 Å². The number of rotatable bonds is 25. The molecule has 0 saturated carbocycles. The fourth-order valence-electron chi connectivity index (χ4n) is 5.17. The largest absolute Gasteiger partial charge is 0.481 e. The van der Waals surface area contributed by atoms with Gasteiger partial charge in [-0.05, 0) is 52.0 Å². The van der Waals surface area contributed by atoms with Crippen LogP contribution in [-0.4, -0.2) is 156 Å². The molecule has 1 saturated heterocycles. The van der Waals surface area contributed by atoms with E-state index in [1.165, 1.54) is 13.8 Å². The Hall–Kier alpha value is -6.11. The minimum absolute atomic E-state index is 0.0519. The van der Waals surface area contributed by atoms with Gasteiger partial charge in [0, 0.05) is 6.54 Å². The number of carboxylic acid groups (broad SMARTS) is 2. The topological polar surface area (TPSA) is 404 Å². The molecule has 1 aliphatic rings. The average molecular weight is 829 g/mol. The summed E-state index contributed by atoms with van der Waals surface area (Å²) in [5.41, 5.74) is 10.7. The van der Waals surface area contributed by atoms with Gasteiger partial charge in [-0.3, -0.25) is 52.9 Å². The second kappa shape index (κ2) is 25.2. The molecule has 0 aromatic carbocycles. The molecule has 0 aliphatic carbocycles. The molecule has 0 radical (unpaired) electrons. The van der Waals surface area contributed by atoms with E-state index in [-0.39, 0.29) is 37.2 Å². The maximum absolute atomic E-state index is 13.2. The van der Waals surface area contributed by atoms with Gasteiger partial charge >= 0.3 is 11.9 Å². The maximum atomic E-state index is 13.2. The molecule has 25 heteroatoms. The fourth-order valence-corrected chi connectivity index (χ4v) is 5.17. The molecule has 326 valence electrons. The summed E-state index contributed by atoms with van der Waals surface area (Å²) >= 11 is 0. The molecular formula is C33H56N12O13. The summed E-state index contributed by atoms with van der Waals surface area (Å²) in [7, 11) is 0. The average Bonchev–Trinajstić information content (AvgIpc) is 3.69. The van der Waals surface area contributed by atoms with Crippen LogP contribution >= 0.6 is 0 Å². The summed E-state index contributed by atoms with van der Waals surface area (Å²) < 4.78 is 0. The zero-order chi connectivity index (χ0) is 44.1. The number of aliphatic hydroxyl groups is 1. The Morgan fingerprint density at radius 3 is 1.81 bits per heavy atom. The number of carboxylic acids is 2. The Labute approximate surface area is 333 Å². The zero-order valence-electron chi connectivity index (χ0n) is 32.7. The first-order valence-electron chi connectivity index (χ1n) is 18.4. The summed E-state index contributed by atoms with van der Waals surface area (Å²) in [4.78, 5) is 128. The van der Waals surface area contributed by atoms with Gasteiger partial charge in [-0.25, -0.2) is 0 Å². The normalized spacial score (nSPS) is 16.4. The smallest absolute Gasteiger partial charge is 0.325 e. The van der Waals surface area contributed by atoms with Crippen LogP contribution in [0.3, 0.4) is 0 Å². The van der Waals surface area contributed by atoms with Crippen molar-refractivity contribution in [1.82, 2.24) is 47.9 Å². The lowest BCUT2D eigenvalue weighted by Gasteiger charge is -2.26. The molecule has 0 aromatic heterocycles. The molecule has 25 nitrogen and oxygen atoms in total. The summed E-state index contributed by atoms with van der Waals surface area (Å²) in [5, 5.41) is 49.1. The predicted molar refractivity (Wildman–Crippen MR) is 202 cm³/mol. The number of nitrogens with zero attached hydrogens (tertiary/aromatic N) is 1. The number of nitrogens with one attached hydrogen (secondary N) is 9. The predicted octanol–water partition coefficient (Wildman–Crippen LogP) is -6.82. The van der Waals surface area contributed by atoms with Crippen molar-refractivity contribution in [1.29, 1.82) is 0 Å². The van der Waals surface area contributed by atoms with E-state index in [4.69, 9.17) is 16.6 Å². The minimum atomic E-state index is -1.84. The second-order valence-electron chi connectivity index (χ2n) is 13.6. The SMILES string of the molecule is CC(C)[C@H](NC(=O)[C@@H]1CCCN1)C(=O)N[C@@H](C)C(=O)N[C@@H](CCCN=C(N)N)C(=O)NCC(=O)N[C@@H](CC(=O)O)C(=O)N[C@@H](CO)C(=O)NCC(=O)N[C@@H](C)C(=O)O. The highest BCUT2D eigenvalue weighted by Gasteiger charge is 2.32. The van der Waals surface area contributed by atoms with Crippen molar-refractivity contribution < 1.29 is 63.3 Å². The monoisotopic (exact) mass is 828 g/mol. The standard InChI is InChI=1S/C33H56N12O13/c1-15(2)25(45-29(54)18-7-5-9-36-18)31(56)41-16(3)26(51)43-19(8-6-10-37-33(34)35)27(52)38-13-23(48)42-20(11-24(49)50)30(55)44-21(14-46)28(53)39-12-22(47)40-17(4)32(57)58/h15-21,25,36,46H,5-14H2,1-4H3,(H,38,52)(H,39,53)(H,40,47)(H,41,56)(H,42,48)(H,43,51)(H,44,55)(H,45,54)(H,49,50)(H,57,58)(H4,34,35,37)/t16-,17-,18-,19-,20-,21-,25-/m0/s1. The summed E-state index contributed by atoms with van der Waals surface area (Å²) in [6, 6.07) is -8.80. The molecule has 1 rings (SSSR count). The van der Waals surface area contributed by atoms with Crippen molar-refractivity contribution in [2.45, 2.75) is 102 Å². The van der Waals surface area contributed by atoms with Gasteiger partial charge in [0.2, 0.25) is 47.3 Å². The number of carbonyl (C=O) groups excluding carboxylic acids is 8. The van der Waals surface area contributed by atoms with Crippen LogP contribution in [0.1, 0.15) is 59.8 Å². The molecule has 0 aromatic rings. The lowest BCUT2D eigenvalue weighted by Crippen LogP contribution is -2.58. The molecule has 1 fully saturated rings. The highest BCUT2D eigenvalue weighted by atomic mass is 16.4. The maximum Gasteiger partial charge on any atom is 0.325 e. The van der Waals surface area contributed by atoms with Crippen molar-refractivity contribution >= 4 is 65.2 Å². The Balaban J connectivity index is 2.93. The van der Waals surface area contributed by atoms with Gasteiger partial charge in [0.1, 0.15) is 36.3 Å². The fraction of sp³-hybridized carbons (Fsp3) is 0.667. The third-order valence-electron chi connectivity index (χ3n) is 8.39. The number of aliphatic hydroxyl groups excluding tert-OH is 1. The highest BCUT2D eigenvalue weighted by Crippen LogP contribution is 2.09. The van der Waals surface area contributed by atoms with E-state index in [0.29, 0.717) is 13.0 Å². The number of aliphatic imine (C=N–C) groups is 1. The van der Waals surface area contributed by atoms with E-state index in [9.17, 15) is 58.2 Å². The van der Waals surface area contributed by atoms with Crippen LogP contribution in [0.25, 0.3) is 0 Å². The minimum Gasteiger partial charge on any atom is -0.481 e. The van der Waals surface area contributed by atoms with Gasteiger partial charge in [0.15, 0.2) is 5.96 Å². The van der Waals surface area contributed by atoms with E-state index >= 15 is 0 Å². The molecule has 16 N–H and O–H groups in total. The molecule has 0 bridgehead atoms. The Bertz CT molecular complexity index is 1530. The van der Waals surface area contributed by atoms with E-state index in [2.05, 4.69) is 47.5 Å². The first-order valence-corrected chi connectivity index (χ1v) is 18.4. The molecular weight excluding hydrogens is 772 g/mol. The lowest BCUT2D eigenvalue weighted by molar-refractivity contribution is -0.141. The molecule has 8 amide bonds. The van der Waals surface area contributed by atoms with Crippen LogP contribution < -0.4 is 59.3 Å². The molecule has 1 heterocycles. The number of amides is 8. The van der Waals surface area contributed by atoms with Crippen molar-refractivity contribution in [3.05, 3.63) is 0 Å².